The molecule has 0 bridgehead atoms. The first kappa shape index (κ1) is 10.4. The molecule has 5 heteroatoms. The van der Waals surface area contributed by atoms with Crippen LogP contribution in [0.2, 0.25) is 0 Å². The number of nitrogens with one attached hydrogen (secondary N) is 1. The molecular formula is C8H10BrNO3. The fourth-order valence-electron chi connectivity index (χ4n) is 1.21. The van der Waals surface area contributed by atoms with Gasteiger partial charge in [-0.3, -0.25) is 0 Å². The highest BCUT2D eigenvalue weighted by Gasteiger charge is 2.21. The van der Waals surface area contributed by atoms with Crippen LogP contribution >= 0.6 is 15.9 Å². The Morgan fingerprint density at radius 1 is 1.62 bits per heavy atom. The van der Waals surface area contributed by atoms with Gasteiger partial charge in [0.1, 0.15) is 6.10 Å². The number of halogens is 1. The Hall–Kier alpha value is -0.730. The van der Waals surface area contributed by atoms with E-state index < -0.39 is 6.09 Å². The molecule has 13 heavy (non-hydrogen) atoms. The zero-order valence-corrected chi connectivity index (χ0v) is 8.50. The number of hydrogen-bond acceptors (Lipinski definition) is 2. The van der Waals surface area contributed by atoms with Crippen molar-refractivity contribution in [1.29, 1.82) is 0 Å². The van der Waals surface area contributed by atoms with Crippen LogP contribution in [0.25, 0.3) is 0 Å². The predicted molar refractivity (Wildman–Crippen MR) is 50.6 cm³/mol. The minimum Gasteiger partial charge on any atom is -0.465 e. The van der Waals surface area contributed by atoms with Gasteiger partial charge in [0.2, 0.25) is 0 Å². The molecule has 4 nitrogen and oxygen atoms in total. The summed E-state index contributed by atoms with van der Waals surface area (Å²) < 4.78 is 5.30. The van der Waals surface area contributed by atoms with Gasteiger partial charge in [0, 0.05) is 15.9 Å². The summed E-state index contributed by atoms with van der Waals surface area (Å²) in [5.74, 6) is 2.83. The molecule has 1 fully saturated rings. The normalized spacial score (nSPS) is 27.2. The first-order chi connectivity index (χ1) is 6.22. The van der Waals surface area contributed by atoms with Crippen LogP contribution in [-0.4, -0.2) is 30.0 Å². The third-order valence-electron chi connectivity index (χ3n) is 1.82. The second-order valence-electron chi connectivity index (χ2n) is 2.78. The van der Waals surface area contributed by atoms with Gasteiger partial charge in [-0.25, -0.2) is 4.79 Å². The monoisotopic (exact) mass is 247 g/mol. The summed E-state index contributed by atoms with van der Waals surface area (Å²) in [6.07, 6.45) is 0.479. The molecule has 0 aromatic heterocycles. The molecule has 1 rings (SSSR count). The molecule has 1 aliphatic rings. The molecule has 0 saturated carbocycles. The summed E-state index contributed by atoms with van der Waals surface area (Å²) in [7, 11) is 0. The first-order valence-corrected chi connectivity index (χ1v) is 4.74. The third kappa shape index (κ3) is 3.66. The standard InChI is InChI=1S/C8H10BrNO3/c9-4-3-7-2-1-6(5-13-7)10-8(11)12/h6-7,10H,1-2,5H2,(H,11,12)/t6-,7+/m1/s1. The maximum Gasteiger partial charge on any atom is 0.404 e. The molecule has 0 aromatic carbocycles. The third-order valence-corrected chi connectivity index (χ3v) is 2.05. The molecule has 72 valence electrons. The first-order valence-electron chi connectivity index (χ1n) is 3.94. The lowest BCUT2D eigenvalue weighted by atomic mass is 10.1. The van der Waals surface area contributed by atoms with E-state index in [0.717, 1.165) is 12.8 Å². The van der Waals surface area contributed by atoms with Crippen molar-refractivity contribution in [2.75, 3.05) is 6.61 Å². The summed E-state index contributed by atoms with van der Waals surface area (Å²) in [4.78, 5) is 12.9. The van der Waals surface area contributed by atoms with Gasteiger partial charge in [0.15, 0.2) is 0 Å². The Morgan fingerprint density at radius 3 is 2.85 bits per heavy atom. The van der Waals surface area contributed by atoms with E-state index in [1.807, 2.05) is 0 Å². The Kier molecular flexibility index (Phi) is 4.06. The number of rotatable bonds is 1. The van der Waals surface area contributed by atoms with E-state index in [1.165, 1.54) is 0 Å². The van der Waals surface area contributed by atoms with Gasteiger partial charge in [0.05, 0.1) is 12.6 Å². The lowest BCUT2D eigenvalue weighted by Gasteiger charge is -2.25. The molecule has 0 spiro atoms. The molecular weight excluding hydrogens is 238 g/mol. The van der Waals surface area contributed by atoms with Crippen LogP contribution in [0.1, 0.15) is 12.8 Å². The Bertz CT molecular complexity index is 238. The van der Waals surface area contributed by atoms with E-state index in [0.29, 0.717) is 6.61 Å². The van der Waals surface area contributed by atoms with Crippen molar-refractivity contribution in [3.8, 4) is 10.8 Å². The van der Waals surface area contributed by atoms with Crippen LogP contribution in [0.4, 0.5) is 4.79 Å². The molecule has 2 atom stereocenters. The van der Waals surface area contributed by atoms with Crippen molar-refractivity contribution in [3.63, 3.8) is 0 Å². The lowest BCUT2D eigenvalue weighted by molar-refractivity contribution is 0.0310. The molecule has 1 heterocycles. The van der Waals surface area contributed by atoms with E-state index in [1.54, 1.807) is 0 Å². The highest BCUT2D eigenvalue weighted by Crippen LogP contribution is 2.12. The Morgan fingerprint density at radius 2 is 2.38 bits per heavy atom. The molecule has 0 aliphatic carbocycles. The van der Waals surface area contributed by atoms with Crippen LogP contribution in [-0.2, 0) is 4.74 Å². The van der Waals surface area contributed by atoms with Gasteiger partial charge >= 0.3 is 6.09 Å². The average Bonchev–Trinajstić information content (AvgIpc) is 2.08. The van der Waals surface area contributed by atoms with Gasteiger partial charge in [-0.15, -0.1) is 0 Å². The second-order valence-corrected chi connectivity index (χ2v) is 3.18. The van der Waals surface area contributed by atoms with E-state index in [2.05, 4.69) is 32.0 Å². The minimum absolute atomic E-state index is 0.0637. The molecule has 2 N–H and O–H groups in total. The maximum atomic E-state index is 10.3. The smallest absolute Gasteiger partial charge is 0.404 e. The molecule has 0 aromatic rings. The van der Waals surface area contributed by atoms with Gasteiger partial charge in [-0.05, 0) is 17.7 Å². The molecule has 0 radical (unpaired) electrons. The maximum absolute atomic E-state index is 10.3. The van der Waals surface area contributed by atoms with Crippen molar-refractivity contribution in [2.45, 2.75) is 25.0 Å². The van der Waals surface area contributed by atoms with Gasteiger partial charge in [0.25, 0.3) is 0 Å². The molecule has 1 aliphatic heterocycles. The van der Waals surface area contributed by atoms with Crippen LogP contribution in [0.5, 0.6) is 0 Å². The summed E-state index contributed by atoms with van der Waals surface area (Å²) in [5.41, 5.74) is 0. The fraction of sp³-hybridized carbons (Fsp3) is 0.625. The van der Waals surface area contributed by atoms with E-state index >= 15 is 0 Å². The van der Waals surface area contributed by atoms with Crippen molar-refractivity contribution in [1.82, 2.24) is 5.32 Å². The van der Waals surface area contributed by atoms with Crippen LogP contribution in [0, 0.1) is 10.8 Å². The number of amides is 1. The van der Waals surface area contributed by atoms with Crippen molar-refractivity contribution in [2.24, 2.45) is 0 Å². The largest absolute Gasteiger partial charge is 0.465 e. The summed E-state index contributed by atoms with van der Waals surface area (Å²) in [5, 5.41) is 10.8. The Balaban J connectivity index is 2.29. The molecule has 1 amide bonds. The molecule has 1 saturated heterocycles. The summed E-state index contributed by atoms with van der Waals surface area (Å²) >= 11 is 2.99. The fourth-order valence-corrected chi connectivity index (χ4v) is 1.47. The highest BCUT2D eigenvalue weighted by molar-refractivity contribution is 9.12. The van der Waals surface area contributed by atoms with Crippen LogP contribution in [0.3, 0.4) is 0 Å². The zero-order chi connectivity index (χ0) is 9.68. The van der Waals surface area contributed by atoms with Crippen molar-refractivity contribution >= 4 is 22.0 Å². The highest BCUT2D eigenvalue weighted by atomic mass is 79.9. The van der Waals surface area contributed by atoms with E-state index in [4.69, 9.17) is 9.84 Å². The van der Waals surface area contributed by atoms with Crippen molar-refractivity contribution in [3.05, 3.63) is 0 Å². The topological polar surface area (TPSA) is 58.6 Å². The van der Waals surface area contributed by atoms with Gasteiger partial charge in [-0.1, -0.05) is 5.92 Å². The SMILES string of the molecule is O=C(O)N[C@@H]1CC[C@@H](C#CBr)OC1. The second kappa shape index (κ2) is 5.10. The van der Waals surface area contributed by atoms with Crippen LogP contribution < -0.4 is 5.32 Å². The lowest BCUT2D eigenvalue weighted by Crippen LogP contribution is -2.41. The van der Waals surface area contributed by atoms with Gasteiger partial charge in [-0.2, -0.15) is 0 Å². The predicted octanol–water partition coefficient (Wildman–Crippen LogP) is 1.16. The van der Waals surface area contributed by atoms with Crippen molar-refractivity contribution < 1.29 is 14.6 Å². The van der Waals surface area contributed by atoms with Crippen LogP contribution in [0.15, 0.2) is 0 Å². The van der Waals surface area contributed by atoms with E-state index in [-0.39, 0.29) is 12.1 Å². The Labute approximate surface area is 84.8 Å². The number of carboxylic acid groups (broad SMARTS) is 1. The van der Waals surface area contributed by atoms with E-state index in [9.17, 15) is 4.79 Å². The average molecular weight is 248 g/mol. The number of ether oxygens (including phenoxy) is 1. The summed E-state index contributed by atoms with van der Waals surface area (Å²) in [6.45, 7) is 0.401. The summed E-state index contributed by atoms with van der Waals surface area (Å²) in [6, 6.07) is -0.0918. The zero-order valence-electron chi connectivity index (χ0n) is 6.92. The number of carbonyl (C=O) groups is 1. The quantitative estimate of drug-likeness (QED) is 0.684. The van der Waals surface area contributed by atoms with Gasteiger partial charge < -0.3 is 15.2 Å². The minimum atomic E-state index is -1.00. The molecule has 0 unspecified atom stereocenters. The number of hydrogen-bond donors (Lipinski definition) is 2.